The van der Waals surface area contributed by atoms with Crippen LogP contribution in [0, 0.1) is 0 Å². The molecule has 0 aromatic carbocycles. The van der Waals surface area contributed by atoms with Crippen molar-refractivity contribution >= 4 is 19.7 Å². The number of allylic oxidation sites excluding steroid dienone is 5. The highest BCUT2D eigenvalue weighted by Gasteiger charge is 2.27. The van der Waals surface area contributed by atoms with Gasteiger partial charge >= 0.3 is 5.97 Å². The lowest BCUT2D eigenvalue weighted by Crippen LogP contribution is -2.47. The molecule has 0 saturated heterocycles. The number of carbonyl (C=O) groups is 2. The van der Waals surface area contributed by atoms with Crippen LogP contribution in [0.15, 0.2) is 36.5 Å². The summed E-state index contributed by atoms with van der Waals surface area (Å²) in [4.78, 5) is 39.9. The van der Waals surface area contributed by atoms with Gasteiger partial charge in [0.05, 0.1) is 33.8 Å². The van der Waals surface area contributed by atoms with Crippen molar-refractivity contribution in [2.45, 2.75) is 348 Å². The van der Waals surface area contributed by atoms with Crippen molar-refractivity contribution in [2.75, 3.05) is 40.9 Å². The maximum atomic E-state index is 13.5. The van der Waals surface area contributed by atoms with Crippen LogP contribution in [-0.4, -0.2) is 69.4 Å². The molecule has 0 saturated carbocycles. The van der Waals surface area contributed by atoms with Gasteiger partial charge in [-0.25, -0.2) is 0 Å². The number of esters is 1. The number of quaternary nitrogens is 1. The number of nitrogens with zero attached hydrogens (tertiary/aromatic N) is 1. The molecular formula is C68H131N2O7P. The van der Waals surface area contributed by atoms with E-state index in [1.54, 1.807) is 0 Å². The number of amides is 1. The number of rotatable bonds is 62. The van der Waals surface area contributed by atoms with Crippen LogP contribution in [-0.2, 0) is 27.9 Å². The van der Waals surface area contributed by atoms with Crippen molar-refractivity contribution in [3.05, 3.63) is 36.5 Å². The largest absolute Gasteiger partial charge is 0.756 e. The van der Waals surface area contributed by atoms with Gasteiger partial charge in [-0.2, -0.15) is 0 Å². The van der Waals surface area contributed by atoms with Crippen LogP contribution in [0.3, 0.4) is 0 Å². The molecule has 78 heavy (non-hydrogen) atoms. The average Bonchev–Trinajstić information content (AvgIpc) is 3.40. The van der Waals surface area contributed by atoms with E-state index < -0.39 is 26.6 Å². The zero-order valence-corrected chi connectivity index (χ0v) is 53.5. The van der Waals surface area contributed by atoms with E-state index in [1.165, 1.54) is 244 Å². The van der Waals surface area contributed by atoms with Crippen molar-refractivity contribution in [1.82, 2.24) is 5.32 Å². The van der Waals surface area contributed by atoms with E-state index >= 15 is 0 Å². The number of unbranched alkanes of at least 4 members (excludes halogenated alkanes) is 42. The minimum Gasteiger partial charge on any atom is -0.756 e. The summed E-state index contributed by atoms with van der Waals surface area (Å²) in [6.07, 6.45) is 71.6. The van der Waals surface area contributed by atoms with Crippen molar-refractivity contribution in [3.63, 3.8) is 0 Å². The van der Waals surface area contributed by atoms with Crippen LogP contribution in [0.4, 0.5) is 0 Å². The summed E-state index contributed by atoms with van der Waals surface area (Å²) in [5.41, 5.74) is 0. The van der Waals surface area contributed by atoms with Gasteiger partial charge in [0, 0.05) is 12.8 Å². The fraction of sp³-hybridized carbons (Fsp3) is 0.882. The maximum Gasteiger partial charge on any atom is 0.306 e. The van der Waals surface area contributed by atoms with E-state index in [1.807, 2.05) is 39.4 Å². The third-order valence-electron chi connectivity index (χ3n) is 15.3. The summed E-state index contributed by atoms with van der Waals surface area (Å²) in [6.45, 7) is 6.83. The molecule has 0 aliphatic rings. The molecule has 10 heteroatoms. The van der Waals surface area contributed by atoms with Crippen molar-refractivity contribution < 1.29 is 37.3 Å². The number of hydrogen-bond donors (Lipinski definition) is 1. The van der Waals surface area contributed by atoms with E-state index in [0.29, 0.717) is 17.4 Å². The van der Waals surface area contributed by atoms with E-state index in [4.69, 9.17) is 13.8 Å². The summed E-state index contributed by atoms with van der Waals surface area (Å²) >= 11 is 0. The van der Waals surface area contributed by atoms with Gasteiger partial charge in [-0.1, -0.05) is 308 Å². The van der Waals surface area contributed by atoms with Gasteiger partial charge in [-0.05, 0) is 51.0 Å². The summed E-state index contributed by atoms with van der Waals surface area (Å²) in [7, 11) is 1.17. The van der Waals surface area contributed by atoms with E-state index in [9.17, 15) is 19.0 Å². The fourth-order valence-electron chi connectivity index (χ4n) is 10.1. The van der Waals surface area contributed by atoms with Gasteiger partial charge in [0.2, 0.25) is 5.91 Å². The number of likely N-dealkylation sites (N-methyl/N-ethyl adjacent to an activating group) is 1. The molecule has 0 heterocycles. The third kappa shape index (κ3) is 58.9. The third-order valence-corrected chi connectivity index (χ3v) is 16.3. The first-order chi connectivity index (χ1) is 37.9. The molecule has 3 atom stereocenters. The van der Waals surface area contributed by atoms with Crippen LogP contribution in [0.1, 0.15) is 335 Å². The van der Waals surface area contributed by atoms with Crippen LogP contribution in [0.2, 0.25) is 0 Å². The SMILES string of the molecule is CCCCCCCC/C=C\C/C=C/CCC(=O)NC(COP(=O)([O-])OCC[N+](C)(C)C)C(/C=C\CCCCCCCCCCCC)OC(=O)CCCCCCCCCCCCCCCCCCCCCCCCCCCCC. The monoisotopic (exact) mass is 1120 g/mol. The number of hydrogen-bond acceptors (Lipinski definition) is 7. The molecule has 460 valence electrons. The van der Waals surface area contributed by atoms with Gasteiger partial charge < -0.3 is 28.5 Å². The predicted octanol–water partition coefficient (Wildman–Crippen LogP) is 20.4. The quantitative estimate of drug-likeness (QED) is 0.0212. The van der Waals surface area contributed by atoms with Crippen molar-refractivity contribution in [2.24, 2.45) is 0 Å². The summed E-state index contributed by atoms with van der Waals surface area (Å²) in [5.74, 6) is -0.604. The highest BCUT2D eigenvalue weighted by molar-refractivity contribution is 7.45. The first kappa shape index (κ1) is 76.2. The average molecular weight is 1120 g/mol. The highest BCUT2D eigenvalue weighted by Crippen LogP contribution is 2.38. The number of ether oxygens (including phenoxy) is 1. The Hall–Kier alpha value is -1.77. The zero-order valence-electron chi connectivity index (χ0n) is 52.6. The molecule has 3 unspecified atom stereocenters. The van der Waals surface area contributed by atoms with Gasteiger partial charge in [0.1, 0.15) is 19.3 Å². The van der Waals surface area contributed by atoms with Gasteiger partial charge in [-0.15, -0.1) is 0 Å². The fourth-order valence-corrected chi connectivity index (χ4v) is 10.8. The molecule has 1 amide bonds. The Bertz CT molecular complexity index is 1430. The Kier molecular flexibility index (Phi) is 57.1. The predicted molar refractivity (Wildman–Crippen MR) is 335 cm³/mol. The second-order valence-corrected chi connectivity index (χ2v) is 25.7. The smallest absolute Gasteiger partial charge is 0.306 e. The summed E-state index contributed by atoms with van der Waals surface area (Å²) in [6, 6.07) is -0.914. The summed E-state index contributed by atoms with van der Waals surface area (Å²) in [5, 5.41) is 2.99. The van der Waals surface area contributed by atoms with E-state index in [2.05, 4.69) is 44.3 Å². The lowest BCUT2D eigenvalue weighted by atomic mass is 10.0. The van der Waals surface area contributed by atoms with Crippen molar-refractivity contribution in [3.8, 4) is 0 Å². The molecule has 0 spiro atoms. The Morgan fingerprint density at radius 3 is 1.18 bits per heavy atom. The standard InChI is InChI=1S/C68H131N2O7P/c1-7-10-13-16-19-22-25-28-29-30-31-32-33-34-35-36-37-38-39-40-41-43-46-49-52-55-58-61-68(72)77-66(59-56-53-50-47-44-27-24-21-18-15-12-9-3)65(64-76-78(73,74)75-63-62-70(4,5)6)69-67(71)60-57-54-51-48-45-42-26-23-20-17-14-11-8-2/h42,45,51,54,56,59,65-66H,7-41,43-44,46-50,52-53,55,57-58,60-64H2,1-6H3,(H-,69,71,73,74)/b45-42-,54-51+,59-56-. The molecule has 0 bridgehead atoms. The molecular weight excluding hydrogens is 988 g/mol. The molecule has 0 aromatic rings. The van der Waals surface area contributed by atoms with Crippen molar-refractivity contribution in [1.29, 1.82) is 0 Å². The van der Waals surface area contributed by atoms with Gasteiger partial charge in [0.15, 0.2) is 0 Å². The Balaban J connectivity index is 4.99. The molecule has 0 aliphatic heterocycles. The minimum atomic E-state index is -4.71. The van der Waals surface area contributed by atoms with E-state index in [-0.39, 0.29) is 31.3 Å². The highest BCUT2D eigenvalue weighted by atomic mass is 31.2. The molecule has 0 fully saturated rings. The Morgan fingerprint density at radius 1 is 0.449 bits per heavy atom. The summed E-state index contributed by atoms with van der Waals surface area (Å²) < 4.78 is 30.3. The number of carbonyl (C=O) groups excluding carboxylic acids is 2. The van der Waals surface area contributed by atoms with Gasteiger partial charge in [0.25, 0.3) is 7.82 Å². The van der Waals surface area contributed by atoms with Crippen LogP contribution >= 0.6 is 7.82 Å². The first-order valence-corrected chi connectivity index (χ1v) is 35.3. The molecule has 0 aliphatic carbocycles. The molecule has 0 aromatic heterocycles. The van der Waals surface area contributed by atoms with Crippen LogP contribution in [0.25, 0.3) is 0 Å². The molecule has 1 N–H and O–H groups in total. The Morgan fingerprint density at radius 2 is 0.795 bits per heavy atom. The molecule has 9 nitrogen and oxygen atoms in total. The number of phosphoric acid groups is 1. The van der Waals surface area contributed by atoms with E-state index in [0.717, 1.165) is 51.4 Å². The lowest BCUT2D eigenvalue weighted by molar-refractivity contribution is -0.870. The lowest BCUT2D eigenvalue weighted by Gasteiger charge is -2.30. The second kappa shape index (κ2) is 58.4. The number of nitrogens with one attached hydrogen (secondary N) is 1. The Labute approximate surface area is 485 Å². The minimum absolute atomic E-state index is 0.0291. The molecule has 0 radical (unpaired) electrons. The first-order valence-electron chi connectivity index (χ1n) is 33.8. The second-order valence-electron chi connectivity index (χ2n) is 24.3. The number of phosphoric ester groups is 1. The van der Waals surface area contributed by atoms with Gasteiger partial charge in [-0.3, -0.25) is 14.2 Å². The maximum absolute atomic E-state index is 13.5. The van der Waals surface area contributed by atoms with Crippen LogP contribution < -0.4 is 10.2 Å². The topological polar surface area (TPSA) is 114 Å². The zero-order chi connectivity index (χ0) is 57.2. The normalized spacial score (nSPS) is 13.8. The molecule has 0 rings (SSSR count). The van der Waals surface area contributed by atoms with Crippen LogP contribution in [0.5, 0.6) is 0 Å².